The first-order valence-corrected chi connectivity index (χ1v) is 17.1. The van der Waals surface area contributed by atoms with E-state index in [1.807, 2.05) is 72.9 Å². The number of para-hydroxylation sites is 1. The molecule has 0 amide bonds. The molecule has 5 nitrogen and oxygen atoms in total. The molecule has 3 aromatic heterocycles. The normalized spacial score (nSPS) is 11.3. The van der Waals surface area contributed by atoms with Gasteiger partial charge in [0.15, 0.2) is 17.5 Å². The molecule has 0 aliphatic carbocycles. The highest BCUT2D eigenvalue weighted by Gasteiger charge is 2.20. The SMILES string of the molecule is Cc1cc(C)cc(-c2ccc3c(c2)c2ccccc2n3-c2cc(-c3cccnc3)ccc2-c2nc(-c3ccccc3)nc(-c3ccccc3)n2)c1. The first kappa shape index (κ1) is 30.3. The molecule has 0 saturated heterocycles. The van der Waals surface area contributed by atoms with Crippen molar-refractivity contribution in [2.75, 3.05) is 0 Å². The van der Waals surface area contributed by atoms with Crippen LogP contribution in [0.25, 0.3) is 83.9 Å². The summed E-state index contributed by atoms with van der Waals surface area (Å²) in [5.74, 6) is 1.86. The van der Waals surface area contributed by atoms with Crippen molar-refractivity contribution in [1.82, 2.24) is 24.5 Å². The summed E-state index contributed by atoms with van der Waals surface area (Å²) >= 11 is 0. The van der Waals surface area contributed by atoms with Crippen LogP contribution in [0.4, 0.5) is 0 Å². The molecule has 0 saturated carbocycles. The number of pyridine rings is 1. The second-order valence-corrected chi connectivity index (χ2v) is 13.0. The Kier molecular flexibility index (Phi) is 7.51. The van der Waals surface area contributed by atoms with Crippen LogP contribution in [-0.4, -0.2) is 24.5 Å². The minimum atomic E-state index is 0.605. The Bertz CT molecular complexity index is 2620. The van der Waals surface area contributed by atoms with Gasteiger partial charge in [0.05, 0.1) is 16.7 Å². The topological polar surface area (TPSA) is 56.5 Å². The van der Waals surface area contributed by atoms with E-state index >= 15 is 0 Å². The standard InChI is InChI=1S/C46H33N5/c1-30-24-31(2)26-37(25-30)34-20-22-42-40(27-34)38-17-9-10-18-41(38)51(42)43-28-35(36-16-11-23-47-29-36)19-21-39(43)46-49-44(32-12-5-3-6-13-32)48-45(50-46)33-14-7-4-8-15-33/h3-29H,1-2H3. The van der Waals surface area contributed by atoms with E-state index < -0.39 is 0 Å². The van der Waals surface area contributed by atoms with Gasteiger partial charge < -0.3 is 4.57 Å². The summed E-state index contributed by atoms with van der Waals surface area (Å²) in [7, 11) is 0. The minimum absolute atomic E-state index is 0.605. The van der Waals surface area contributed by atoms with Crippen LogP contribution >= 0.6 is 0 Å². The molecule has 0 atom stereocenters. The monoisotopic (exact) mass is 655 g/mol. The maximum Gasteiger partial charge on any atom is 0.166 e. The van der Waals surface area contributed by atoms with Gasteiger partial charge in [0.25, 0.3) is 0 Å². The van der Waals surface area contributed by atoms with E-state index in [4.69, 9.17) is 15.0 Å². The van der Waals surface area contributed by atoms with Gasteiger partial charge in [0.1, 0.15) is 0 Å². The quantitative estimate of drug-likeness (QED) is 0.179. The van der Waals surface area contributed by atoms with Crippen molar-refractivity contribution in [3.63, 3.8) is 0 Å². The van der Waals surface area contributed by atoms with Crippen molar-refractivity contribution in [2.45, 2.75) is 13.8 Å². The van der Waals surface area contributed by atoms with Gasteiger partial charge in [-0.15, -0.1) is 0 Å². The molecule has 0 N–H and O–H groups in total. The lowest BCUT2D eigenvalue weighted by molar-refractivity contribution is 1.06. The van der Waals surface area contributed by atoms with Crippen molar-refractivity contribution in [3.8, 4) is 62.1 Å². The molecule has 9 rings (SSSR count). The Morgan fingerprint density at radius 3 is 1.69 bits per heavy atom. The lowest BCUT2D eigenvalue weighted by Gasteiger charge is -2.16. The van der Waals surface area contributed by atoms with Gasteiger partial charge in [-0.3, -0.25) is 4.98 Å². The van der Waals surface area contributed by atoms with Crippen molar-refractivity contribution in [2.24, 2.45) is 0 Å². The van der Waals surface area contributed by atoms with Gasteiger partial charge in [0.2, 0.25) is 0 Å². The molecule has 3 heterocycles. The van der Waals surface area contributed by atoms with Crippen LogP contribution in [0.2, 0.25) is 0 Å². The fourth-order valence-corrected chi connectivity index (χ4v) is 7.10. The third-order valence-electron chi connectivity index (χ3n) is 9.40. The molecule has 5 heteroatoms. The molecule has 9 aromatic rings. The molecule has 6 aromatic carbocycles. The lowest BCUT2D eigenvalue weighted by Crippen LogP contribution is -2.04. The van der Waals surface area contributed by atoms with Gasteiger partial charge in [0, 0.05) is 45.4 Å². The van der Waals surface area contributed by atoms with Crippen LogP contribution in [0.5, 0.6) is 0 Å². The van der Waals surface area contributed by atoms with Crippen LogP contribution in [-0.2, 0) is 0 Å². The molecular weight excluding hydrogens is 623 g/mol. The first-order chi connectivity index (χ1) is 25.1. The number of aromatic nitrogens is 5. The Morgan fingerprint density at radius 2 is 1.00 bits per heavy atom. The Balaban J connectivity index is 1.33. The number of fused-ring (bicyclic) bond motifs is 3. The van der Waals surface area contributed by atoms with Gasteiger partial charge in [-0.1, -0.05) is 126 Å². The molecular formula is C46H33N5. The van der Waals surface area contributed by atoms with Crippen molar-refractivity contribution < 1.29 is 0 Å². The summed E-state index contributed by atoms with van der Waals surface area (Å²) in [6, 6.07) is 53.0. The molecule has 0 fully saturated rings. The lowest BCUT2D eigenvalue weighted by atomic mass is 9.99. The van der Waals surface area contributed by atoms with E-state index in [0.717, 1.165) is 44.5 Å². The fraction of sp³-hybridized carbons (Fsp3) is 0.0435. The van der Waals surface area contributed by atoms with E-state index in [1.165, 1.54) is 33.0 Å². The number of aryl methyl sites for hydroxylation is 2. The largest absolute Gasteiger partial charge is 0.308 e. The predicted octanol–water partition coefficient (Wildman–Crippen LogP) is 11.3. The number of hydrogen-bond donors (Lipinski definition) is 0. The summed E-state index contributed by atoms with van der Waals surface area (Å²) in [5, 5.41) is 2.37. The van der Waals surface area contributed by atoms with E-state index in [-0.39, 0.29) is 0 Å². The third kappa shape index (κ3) is 5.65. The maximum absolute atomic E-state index is 5.15. The summed E-state index contributed by atoms with van der Waals surface area (Å²) in [5.41, 5.74) is 13.0. The predicted molar refractivity (Wildman–Crippen MR) is 209 cm³/mol. The van der Waals surface area contributed by atoms with Crippen LogP contribution < -0.4 is 0 Å². The zero-order valence-electron chi connectivity index (χ0n) is 28.3. The number of nitrogens with zero attached hydrogens (tertiary/aromatic N) is 5. The van der Waals surface area contributed by atoms with Crippen molar-refractivity contribution >= 4 is 21.8 Å². The van der Waals surface area contributed by atoms with E-state index in [2.05, 4.69) is 108 Å². The summed E-state index contributed by atoms with van der Waals surface area (Å²) in [4.78, 5) is 19.7. The fourth-order valence-electron chi connectivity index (χ4n) is 7.10. The zero-order chi connectivity index (χ0) is 34.3. The van der Waals surface area contributed by atoms with Crippen LogP contribution in [0.1, 0.15) is 11.1 Å². The molecule has 242 valence electrons. The maximum atomic E-state index is 5.15. The first-order valence-electron chi connectivity index (χ1n) is 17.1. The second-order valence-electron chi connectivity index (χ2n) is 13.0. The Hall–Kier alpha value is -6.72. The van der Waals surface area contributed by atoms with Gasteiger partial charge >= 0.3 is 0 Å². The summed E-state index contributed by atoms with van der Waals surface area (Å²) in [6.07, 6.45) is 3.71. The van der Waals surface area contributed by atoms with Crippen molar-refractivity contribution in [1.29, 1.82) is 0 Å². The number of rotatable bonds is 6. The second kappa shape index (κ2) is 12.6. The van der Waals surface area contributed by atoms with Crippen LogP contribution in [0.15, 0.2) is 164 Å². The summed E-state index contributed by atoms with van der Waals surface area (Å²) < 4.78 is 2.36. The van der Waals surface area contributed by atoms with Crippen LogP contribution in [0, 0.1) is 13.8 Å². The van der Waals surface area contributed by atoms with E-state index in [1.54, 1.807) is 6.20 Å². The molecule has 0 radical (unpaired) electrons. The van der Waals surface area contributed by atoms with E-state index in [0.29, 0.717) is 17.5 Å². The summed E-state index contributed by atoms with van der Waals surface area (Å²) in [6.45, 7) is 4.32. The van der Waals surface area contributed by atoms with Crippen molar-refractivity contribution in [3.05, 3.63) is 175 Å². The number of benzene rings is 6. The highest BCUT2D eigenvalue weighted by Crippen LogP contribution is 2.39. The third-order valence-corrected chi connectivity index (χ3v) is 9.40. The molecule has 0 spiro atoms. The smallest absolute Gasteiger partial charge is 0.166 e. The van der Waals surface area contributed by atoms with Crippen LogP contribution in [0.3, 0.4) is 0 Å². The molecule has 0 aliphatic heterocycles. The molecule has 0 unspecified atom stereocenters. The average molecular weight is 656 g/mol. The zero-order valence-corrected chi connectivity index (χ0v) is 28.3. The van der Waals surface area contributed by atoms with Gasteiger partial charge in [-0.2, -0.15) is 0 Å². The molecule has 0 bridgehead atoms. The van der Waals surface area contributed by atoms with E-state index in [9.17, 15) is 0 Å². The molecule has 0 aliphatic rings. The Labute approximate surface area is 296 Å². The number of hydrogen-bond acceptors (Lipinski definition) is 4. The Morgan fingerprint density at radius 1 is 0.412 bits per heavy atom. The molecule has 51 heavy (non-hydrogen) atoms. The van der Waals surface area contributed by atoms with Gasteiger partial charge in [-0.25, -0.2) is 15.0 Å². The average Bonchev–Trinajstić information content (AvgIpc) is 3.52. The minimum Gasteiger partial charge on any atom is -0.308 e. The van der Waals surface area contributed by atoms with Gasteiger partial charge in [-0.05, 0) is 66.9 Å². The highest BCUT2D eigenvalue weighted by atomic mass is 15.1. The highest BCUT2D eigenvalue weighted by molar-refractivity contribution is 6.11.